The van der Waals surface area contributed by atoms with Gasteiger partial charge in [0.05, 0.1) is 0 Å². The van der Waals surface area contributed by atoms with Gasteiger partial charge in [0.2, 0.25) is 5.78 Å². The number of ketones is 2. The van der Waals surface area contributed by atoms with Crippen molar-refractivity contribution in [2.75, 3.05) is 0 Å². The van der Waals surface area contributed by atoms with Crippen LogP contribution in [-0.2, 0) is 28.8 Å². The summed E-state index contributed by atoms with van der Waals surface area (Å²) in [6.07, 6.45) is 2.92. The van der Waals surface area contributed by atoms with Crippen LogP contribution in [0.1, 0.15) is 52.9 Å². The maximum absolute atomic E-state index is 9.87. The first-order valence-electron chi connectivity index (χ1n) is 6.70. The maximum Gasteiger partial charge on any atom is 0.371 e. The SMILES string of the molecule is CC(=O)C(=O)O.CC(=O)CC(=O)O.CCCCCC(=O)O.O=CO. The van der Waals surface area contributed by atoms with Crippen LogP contribution in [0.3, 0.4) is 0 Å². The highest BCUT2D eigenvalue weighted by atomic mass is 16.4. The fraction of sp³-hybridized carbons (Fsp3) is 0.571. The van der Waals surface area contributed by atoms with Crippen LogP contribution >= 0.6 is 0 Å². The summed E-state index contributed by atoms with van der Waals surface area (Å²) >= 11 is 0. The largest absolute Gasteiger partial charge is 0.483 e. The number of Topliss-reactive ketones (excluding diaryl/α,β-unsaturated/α-hetero) is 2. The highest BCUT2D eigenvalue weighted by molar-refractivity contribution is 6.31. The molecule has 0 saturated heterocycles. The van der Waals surface area contributed by atoms with Gasteiger partial charge in [0.25, 0.3) is 6.47 Å². The van der Waals surface area contributed by atoms with Gasteiger partial charge < -0.3 is 20.4 Å². The molecular weight excluding hydrogens is 328 g/mol. The Morgan fingerprint density at radius 3 is 1.38 bits per heavy atom. The normalized spacial score (nSPS) is 7.79. The fourth-order valence-corrected chi connectivity index (χ4v) is 0.739. The van der Waals surface area contributed by atoms with Crippen LogP contribution in [0.15, 0.2) is 0 Å². The highest BCUT2D eigenvalue weighted by Crippen LogP contribution is 1.97. The molecule has 0 heterocycles. The van der Waals surface area contributed by atoms with Crippen LogP contribution in [0.5, 0.6) is 0 Å². The van der Waals surface area contributed by atoms with Crippen LogP contribution in [-0.4, -0.2) is 56.4 Å². The molecule has 10 heteroatoms. The van der Waals surface area contributed by atoms with Gasteiger partial charge in [-0.15, -0.1) is 0 Å². The lowest BCUT2D eigenvalue weighted by Gasteiger charge is -1.89. The second kappa shape index (κ2) is 22.5. The number of carboxylic acid groups (broad SMARTS) is 4. The van der Waals surface area contributed by atoms with E-state index in [9.17, 15) is 24.0 Å². The number of rotatable bonds is 7. The van der Waals surface area contributed by atoms with Gasteiger partial charge >= 0.3 is 17.9 Å². The van der Waals surface area contributed by atoms with Gasteiger partial charge in [-0.25, -0.2) is 4.79 Å². The minimum atomic E-state index is -1.38. The Morgan fingerprint density at radius 1 is 0.875 bits per heavy atom. The second-order valence-corrected chi connectivity index (χ2v) is 4.09. The summed E-state index contributed by atoms with van der Waals surface area (Å²) in [6, 6.07) is 0. The van der Waals surface area contributed by atoms with E-state index in [-0.39, 0.29) is 18.7 Å². The number of unbranched alkanes of at least 4 members (excludes halogenated alkanes) is 2. The number of aliphatic carboxylic acids is 3. The Hall–Kier alpha value is -2.78. The smallest absolute Gasteiger partial charge is 0.371 e. The molecule has 0 atom stereocenters. The molecule has 0 bridgehead atoms. The molecule has 0 rings (SSSR count). The highest BCUT2D eigenvalue weighted by Gasteiger charge is 1.99. The van der Waals surface area contributed by atoms with Crippen molar-refractivity contribution in [2.24, 2.45) is 0 Å². The van der Waals surface area contributed by atoms with Crippen LogP contribution in [0.4, 0.5) is 0 Å². The molecule has 0 aromatic rings. The van der Waals surface area contributed by atoms with Gasteiger partial charge in [-0.05, 0) is 13.3 Å². The number of carbonyl (C=O) groups is 6. The third kappa shape index (κ3) is 61.1. The zero-order valence-corrected chi connectivity index (χ0v) is 13.9. The molecule has 24 heavy (non-hydrogen) atoms. The topological polar surface area (TPSA) is 183 Å². The number of hydrogen-bond donors (Lipinski definition) is 4. The van der Waals surface area contributed by atoms with E-state index in [1.54, 1.807) is 0 Å². The average Bonchev–Trinajstić information content (AvgIpc) is 2.39. The first kappa shape index (κ1) is 29.3. The van der Waals surface area contributed by atoms with Crippen LogP contribution in [0.25, 0.3) is 0 Å². The summed E-state index contributed by atoms with van der Waals surface area (Å²) < 4.78 is 0. The lowest BCUT2D eigenvalue weighted by molar-refractivity contribution is -0.148. The molecule has 140 valence electrons. The first-order valence-corrected chi connectivity index (χ1v) is 6.70. The van der Waals surface area contributed by atoms with E-state index in [2.05, 4.69) is 6.92 Å². The van der Waals surface area contributed by atoms with Crippen LogP contribution in [0.2, 0.25) is 0 Å². The van der Waals surface area contributed by atoms with E-state index < -0.39 is 23.7 Å². The van der Waals surface area contributed by atoms with Crippen LogP contribution in [0, 0.1) is 0 Å². The number of carbonyl (C=O) groups excluding carboxylic acids is 2. The minimum absolute atomic E-state index is 0.250. The molecule has 10 nitrogen and oxygen atoms in total. The third-order valence-corrected chi connectivity index (χ3v) is 1.70. The number of hydrogen-bond acceptors (Lipinski definition) is 6. The average molecular weight is 352 g/mol. The van der Waals surface area contributed by atoms with Crippen molar-refractivity contribution in [2.45, 2.75) is 52.9 Å². The summed E-state index contributed by atoms with van der Waals surface area (Å²) in [5, 5.41) is 30.5. The molecule has 0 aliphatic heterocycles. The first-order chi connectivity index (χ1) is 11.0. The second-order valence-electron chi connectivity index (χ2n) is 4.09. The Labute approximate surface area is 139 Å². The molecule has 0 aliphatic carbocycles. The van der Waals surface area contributed by atoms with Gasteiger partial charge in [0.15, 0.2) is 0 Å². The summed E-state index contributed by atoms with van der Waals surface area (Å²) in [4.78, 5) is 56.6. The molecule has 0 radical (unpaired) electrons. The van der Waals surface area contributed by atoms with E-state index in [0.29, 0.717) is 6.42 Å². The Bertz CT molecular complexity index is 376. The van der Waals surface area contributed by atoms with E-state index in [4.69, 9.17) is 25.2 Å². The van der Waals surface area contributed by atoms with Crippen molar-refractivity contribution in [3.05, 3.63) is 0 Å². The molecule has 0 unspecified atom stereocenters. The predicted molar refractivity (Wildman–Crippen MR) is 81.7 cm³/mol. The maximum atomic E-state index is 9.87. The zero-order chi connectivity index (χ0) is 20.1. The zero-order valence-electron chi connectivity index (χ0n) is 13.9. The molecule has 0 amide bonds. The lowest BCUT2D eigenvalue weighted by Crippen LogP contribution is -2.05. The minimum Gasteiger partial charge on any atom is -0.483 e. The van der Waals surface area contributed by atoms with Crippen molar-refractivity contribution in [3.63, 3.8) is 0 Å². The van der Waals surface area contributed by atoms with Crippen molar-refractivity contribution < 1.29 is 49.2 Å². The van der Waals surface area contributed by atoms with Gasteiger partial charge in [-0.3, -0.25) is 24.0 Å². The van der Waals surface area contributed by atoms with Gasteiger partial charge in [0, 0.05) is 13.3 Å². The van der Waals surface area contributed by atoms with Crippen LogP contribution < -0.4 is 0 Å². The molecule has 0 aliphatic rings. The molecule has 4 N–H and O–H groups in total. The predicted octanol–water partition coefficient (Wildman–Crippen LogP) is 1.06. The Balaban J connectivity index is -0.000000116. The van der Waals surface area contributed by atoms with Crippen molar-refractivity contribution >= 4 is 35.9 Å². The third-order valence-electron chi connectivity index (χ3n) is 1.70. The fourth-order valence-electron chi connectivity index (χ4n) is 0.739. The van der Waals surface area contributed by atoms with E-state index >= 15 is 0 Å². The molecule has 0 aromatic heterocycles. The van der Waals surface area contributed by atoms with Gasteiger partial charge in [0.1, 0.15) is 12.2 Å². The Morgan fingerprint density at radius 2 is 1.25 bits per heavy atom. The molecule has 0 saturated carbocycles. The Kier molecular flexibility index (Phi) is 27.4. The summed E-state index contributed by atoms with van der Waals surface area (Å²) in [5.74, 6) is -4.26. The monoisotopic (exact) mass is 352 g/mol. The van der Waals surface area contributed by atoms with E-state index in [1.807, 2.05) is 0 Å². The van der Waals surface area contributed by atoms with E-state index in [1.165, 1.54) is 6.92 Å². The lowest BCUT2D eigenvalue weighted by atomic mass is 10.2. The standard InChI is InChI=1S/C6H12O2.C4H6O3.C3H4O3.CH2O2/c1-2-3-4-5-6(7)8;1-3(5)2-4(6)7;1-2(4)3(5)6;2-1-3/h2-5H2,1H3,(H,7,8);2H2,1H3,(H,6,7);1H3,(H,5,6);1H,(H,2,3). The molecule has 0 fully saturated rings. The summed E-state index contributed by atoms with van der Waals surface area (Å²) in [5.41, 5.74) is 0. The summed E-state index contributed by atoms with van der Waals surface area (Å²) in [6.45, 7) is 4.05. The molecule has 0 aromatic carbocycles. The molecular formula is C14H24O10. The quantitative estimate of drug-likeness (QED) is 0.223. The van der Waals surface area contributed by atoms with Crippen molar-refractivity contribution in [1.29, 1.82) is 0 Å². The van der Waals surface area contributed by atoms with E-state index in [0.717, 1.165) is 26.2 Å². The van der Waals surface area contributed by atoms with Gasteiger partial charge in [-0.1, -0.05) is 19.8 Å². The van der Waals surface area contributed by atoms with Crippen molar-refractivity contribution in [1.82, 2.24) is 0 Å². The molecule has 0 spiro atoms. The number of carboxylic acids is 3. The van der Waals surface area contributed by atoms with Crippen molar-refractivity contribution in [3.8, 4) is 0 Å². The van der Waals surface area contributed by atoms with Gasteiger partial charge in [-0.2, -0.15) is 0 Å². The summed E-state index contributed by atoms with van der Waals surface area (Å²) in [7, 11) is 0.